The number of rotatable bonds is 6. The third-order valence-corrected chi connectivity index (χ3v) is 4.49. The van der Waals surface area contributed by atoms with Gasteiger partial charge in [-0.1, -0.05) is 32.8 Å². The van der Waals surface area contributed by atoms with Crippen LogP contribution >= 0.6 is 0 Å². The Kier molecular flexibility index (Phi) is 5.36. The molecule has 21 heavy (non-hydrogen) atoms. The third kappa shape index (κ3) is 4.28. The lowest BCUT2D eigenvalue weighted by Crippen LogP contribution is -2.33. The van der Waals surface area contributed by atoms with Crippen LogP contribution in [0.1, 0.15) is 57.1 Å². The maximum absolute atomic E-state index is 13.3. The number of benzene rings is 1. The molecule has 1 N–H and O–H groups in total. The molecule has 1 fully saturated rings. The van der Waals surface area contributed by atoms with Gasteiger partial charge in [-0.2, -0.15) is 5.26 Å². The Balaban J connectivity index is 1.92. The van der Waals surface area contributed by atoms with E-state index in [4.69, 9.17) is 5.26 Å². The van der Waals surface area contributed by atoms with E-state index >= 15 is 0 Å². The summed E-state index contributed by atoms with van der Waals surface area (Å²) < 4.78 is 13.3. The van der Waals surface area contributed by atoms with Crippen LogP contribution in [0.2, 0.25) is 0 Å². The van der Waals surface area contributed by atoms with Gasteiger partial charge in [0.05, 0.1) is 5.56 Å². The highest BCUT2D eigenvalue weighted by atomic mass is 19.1. The first-order chi connectivity index (χ1) is 10.0. The van der Waals surface area contributed by atoms with Crippen molar-refractivity contribution in [3.8, 4) is 6.07 Å². The van der Waals surface area contributed by atoms with Crippen molar-refractivity contribution >= 4 is 0 Å². The lowest BCUT2D eigenvalue weighted by molar-refractivity contribution is 0.223. The monoisotopic (exact) mass is 288 g/mol. The van der Waals surface area contributed by atoms with E-state index < -0.39 is 5.82 Å². The summed E-state index contributed by atoms with van der Waals surface area (Å²) in [5.74, 6) is 0.286. The average molecular weight is 288 g/mol. The minimum absolute atomic E-state index is 0.132. The van der Waals surface area contributed by atoms with Crippen LogP contribution in [0.4, 0.5) is 4.39 Å². The molecule has 0 saturated heterocycles. The second-order valence-electron chi connectivity index (χ2n) is 6.83. The van der Waals surface area contributed by atoms with Crippen LogP contribution in [-0.4, -0.2) is 6.54 Å². The Morgan fingerprint density at radius 2 is 2.05 bits per heavy atom. The second-order valence-corrected chi connectivity index (χ2v) is 6.83. The van der Waals surface area contributed by atoms with Crippen LogP contribution < -0.4 is 5.32 Å². The van der Waals surface area contributed by atoms with Crippen LogP contribution in [-0.2, 0) is 6.54 Å². The van der Waals surface area contributed by atoms with Gasteiger partial charge in [0, 0.05) is 13.1 Å². The summed E-state index contributed by atoms with van der Waals surface area (Å²) in [6.45, 7) is 6.30. The van der Waals surface area contributed by atoms with Crippen LogP contribution in [0.25, 0.3) is 0 Å². The highest BCUT2D eigenvalue weighted by Crippen LogP contribution is 2.42. The normalized spacial score (nSPS) is 17.1. The van der Waals surface area contributed by atoms with Crippen LogP contribution in [0, 0.1) is 28.5 Å². The molecule has 0 atom stereocenters. The van der Waals surface area contributed by atoms with Gasteiger partial charge >= 0.3 is 0 Å². The molecular formula is C18H25FN2. The quantitative estimate of drug-likeness (QED) is 0.842. The van der Waals surface area contributed by atoms with Gasteiger partial charge in [-0.05, 0) is 48.3 Å². The van der Waals surface area contributed by atoms with Crippen molar-refractivity contribution in [2.75, 3.05) is 6.54 Å². The largest absolute Gasteiger partial charge is 0.312 e. The molecule has 2 nitrogen and oxygen atoms in total. The van der Waals surface area contributed by atoms with Crippen LogP contribution in [0.15, 0.2) is 18.2 Å². The molecule has 0 aromatic heterocycles. The highest BCUT2D eigenvalue weighted by molar-refractivity contribution is 5.34. The highest BCUT2D eigenvalue weighted by Gasteiger charge is 2.33. The first kappa shape index (κ1) is 16.0. The summed E-state index contributed by atoms with van der Waals surface area (Å²) in [7, 11) is 0. The van der Waals surface area contributed by atoms with Crippen molar-refractivity contribution < 1.29 is 4.39 Å². The van der Waals surface area contributed by atoms with Gasteiger partial charge < -0.3 is 5.32 Å². The molecule has 2 rings (SSSR count). The molecule has 1 aromatic rings. The zero-order valence-corrected chi connectivity index (χ0v) is 13.1. The standard InChI is InChI=1S/C18H25FN2/c1-14(2)10-18(7-3-4-8-18)13-21-12-15-5-6-17(19)16(9-15)11-20/h5-6,9,14,21H,3-4,7-8,10,12-13H2,1-2H3. The van der Waals surface area contributed by atoms with Crippen molar-refractivity contribution in [3.05, 3.63) is 35.1 Å². The van der Waals surface area contributed by atoms with Crippen molar-refractivity contribution in [1.82, 2.24) is 5.32 Å². The first-order valence-corrected chi connectivity index (χ1v) is 7.94. The summed E-state index contributed by atoms with van der Waals surface area (Å²) in [5, 5.41) is 12.4. The molecule has 0 unspecified atom stereocenters. The summed E-state index contributed by atoms with van der Waals surface area (Å²) >= 11 is 0. The Morgan fingerprint density at radius 3 is 2.67 bits per heavy atom. The summed E-state index contributed by atoms with van der Waals surface area (Å²) in [6.07, 6.45) is 6.57. The molecule has 1 aromatic carbocycles. The maximum Gasteiger partial charge on any atom is 0.140 e. The van der Waals surface area contributed by atoms with Crippen molar-refractivity contribution in [2.24, 2.45) is 11.3 Å². The van der Waals surface area contributed by atoms with E-state index in [0.717, 1.165) is 18.0 Å². The van der Waals surface area contributed by atoms with Crippen molar-refractivity contribution in [3.63, 3.8) is 0 Å². The Labute approximate surface area is 127 Å². The van der Waals surface area contributed by atoms with Gasteiger partial charge in [-0.15, -0.1) is 0 Å². The first-order valence-electron chi connectivity index (χ1n) is 7.94. The topological polar surface area (TPSA) is 35.8 Å². The number of nitrogens with zero attached hydrogens (tertiary/aromatic N) is 1. The fourth-order valence-electron chi connectivity index (χ4n) is 3.68. The number of hydrogen-bond acceptors (Lipinski definition) is 2. The number of nitrogens with one attached hydrogen (secondary N) is 1. The van der Waals surface area contributed by atoms with E-state index in [1.54, 1.807) is 12.1 Å². The molecule has 0 radical (unpaired) electrons. The summed E-state index contributed by atoms with van der Waals surface area (Å²) in [6, 6.07) is 6.68. The van der Waals surface area contributed by atoms with Crippen LogP contribution in [0.5, 0.6) is 0 Å². The van der Waals surface area contributed by atoms with E-state index in [1.807, 2.05) is 6.07 Å². The summed E-state index contributed by atoms with van der Waals surface area (Å²) in [4.78, 5) is 0. The SMILES string of the molecule is CC(C)CC1(CNCc2ccc(F)c(C#N)c2)CCCC1. The van der Waals surface area contributed by atoms with Gasteiger partial charge in [-0.25, -0.2) is 4.39 Å². The Hall–Kier alpha value is -1.40. The molecule has 0 aliphatic heterocycles. The Bertz CT molecular complexity index is 510. The molecule has 0 heterocycles. The number of halogens is 1. The van der Waals surface area contributed by atoms with Gasteiger partial charge in [0.2, 0.25) is 0 Å². The molecule has 114 valence electrons. The molecule has 0 spiro atoms. The average Bonchev–Trinajstić information content (AvgIpc) is 2.88. The zero-order chi connectivity index (χ0) is 15.3. The summed E-state index contributed by atoms with van der Waals surface area (Å²) in [5.41, 5.74) is 1.55. The third-order valence-electron chi connectivity index (χ3n) is 4.49. The minimum Gasteiger partial charge on any atom is -0.312 e. The number of hydrogen-bond donors (Lipinski definition) is 1. The van der Waals surface area contributed by atoms with E-state index in [9.17, 15) is 4.39 Å². The van der Waals surface area contributed by atoms with E-state index in [1.165, 1.54) is 38.2 Å². The minimum atomic E-state index is -0.437. The van der Waals surface area contributed by atoms with E-state index in [2.05, 4.69) is 19.2 Å². The zero-order valence-electron chi connectivity index (χ0n) is 13.1. The molecule has 0 bridgehead atoms. The predicted octanol–water partition coefficient (Wildman–Crippen LogP) is 4.39. The predicted molar refractivity (Wildman–Crippen MR) is 83.2 cm³/mol. The van der Waals surface area contributed by atoms with Gasteiger partial charge in [0.25, 0.3) is 0 Å². The smallest absolute Gasteiger partial charge is 0.140 e. The molecular weight excluding hydrogens is 263 g/mol. The van der Waals surface area contributed by atoms with Crippen LogP contribution in [0.3, 0.4) is 0 Å². The second kappa shape index (κ2) is 7.04. The molecule has 1 aliphatic carbocycles. The van der Waals surface area contributed by atoms with E-state index in [0.29, 0.717) is 12.0 Å². The fraction of sp³-hybridized carbons (Fsp3) is 0.611. The molecule has 1 saturated carbocycles. The molecule has 3 heteroatoms. The lowest BCUT2D eigenvalue weighted by Gasteiger charge is -2.31. The number of nitriles is 1. The Morgan fingerprint density at radius 1 is 1.33 bits per heavy atom. The van der Waals surface area contributed by atoms with Crippen molar-refractivity contribution in [2.45, 2.75) is 52.5 Å². The molecule has 0 amide bonds. The lowest BCUT2D eigenvalue weighted by atomic mass is 9.78. The molecule has 1 aliphatic rings. The van der Waals surface area contributed by atoms with E-state index in [-0.39, 0.29) is 5.56 Å². The fourth-order valence-corrected chi connectivity index (χ4v) is 3.68. The van der Waals surface area contributed by atoms with Gasteiger partial charge in [-0.3, -0.25) is 0 Å². The van der Waals surface area contributed by atoms with Crippen molar-refractivity contribution in [1.29, 1.82) is 5.26 Å². The van der Waals surface area contributed by atoms with Gasteiger partial charge in [0.1, 0.15) is 11.9 Å². The van der Waals surface area contributed by atoms with Gasteiger partial charge in [0.15, 0.2) is 0 Å². The maximum atomic E-state index is 13.3.